The lowest BCUT2D eigenvalue weighted by molar-refractivity contribution is 0.0770. The van der Waals surface area contributed by atoms with Crippen LogP contribution in [-0.2, 0) is 4.74 Å². The molecule has 0 fully saturated rings. The first kappa shape index (κ1) is 16.5. The van der Waals surface area contributed by atoms with Gasteiger partial charge in [-0.15, -0.1) is 0 Å². The maximum Gasteiger partial charge on any atom is 0.123 e. The molecule has 0 amide bonds. The minimum absolute atomic E-state index is 0.322. The number of aryl methyl sites for hydroxylation is 1. The van der Waals surface area contributed by atoms with E-state index in [2.05, 4.69) is 48.1 Å². The molecule has 0 spiro atoms. The van der Waals surface area contributed by atoms with Crippen molar-refractivity contribution >= 4 is 15.9 Å². The van der Waals surface area contributed by atoms with E-state index in [4.69, 9.17) is 9.47 Å². The Balaban J connectivity index is 2.06. The van der Waals surface area contributed by atoms with Crippen LogP contribution in [0, 0.1) is 6.92 Å². The molecule has 0 unspecified atom stereocenters. The Hall–Kier alpha value is -0.580. The van der Waals surface area contributed by atoms with Crippen LogP contribution in [0.5, 0.6) is 5.75 Å². The van der Waals surface area contributed by atoms with Crippen LogP contribution in [0.25, 0.3) is 0 Å². The molecule has 1 aromatic rings. The summed E-state index contributed by atoms with van der Waals surface area (Å²) in [6.07, 6.45) is 1.36. The molecule has 0 aromatic heterocycles. The second-order valence-electron chi connectivity index (χ2n) is 4.78. The van der Waals surface area contributed by atoms with E-state index in [0.717, 1.165) is 41.9 Å². The molecule has 0 aliphatic rings. The van der Waals surface area contributed by atoms with Gasteiger partial charge < -0.3 is 14.8 Å². The van der Waals surface area contributed by atoms with Gasteiger partial charge in [-0.2, -0.15) is 0 Å². The zero-order valence-corrected chi connectivity index (χ0v) is 13.6. The van der Waals surface area contributed by atoms with E-state index in [1.165, 1.54) is 0 Å². The Kier molecular flexibility index (Phi) is 8.10. The summed E-state index contributed by atoms with van der Waals surface area (Å²) in [5, 5.41) is 3.35. The van der Waals surface area contributed by atoms with Gasteiger partial charge in [0, 0.05) is 17.6 Å². The van der Waals surface area contributed by atoms with Crippen LogP contribution in [0.4, 0.5) is 0 Å². The molecule has 0 bridgehead atoms. The van der Waals surface area contributed by atoms with Crippen molar-refractivity contribution in [1.82, 2.24) is 5.32 Å². The third-order valence-corrected chi connectivity index (χ3v) is 3.13. The number of rotatable bonds is 9. The largest absolute Gasteiger partial charge is 0.492 e. The Bertz CT molecular complexity index is 369. The molecule has 19 heavy (non-hydrogen) atoms. The van der Waals surface area contributed by atoms with Crippen molar-refractivity contribution in [3.8, 4) is 5.75 Å². The molecule has 3 nitrogen and oxygen atoms in total. The summed E-state index contributed by atoms with van der Waals surface area (Å²) < 4.78 is 12.3. The molecule has 0 heterocycles. The van der Waals surface area contributed by atoms with Gasteiger partial charge in [0.25, 0.3) is 0 Å². The van der Waals surface area contributed by atoms with Crippen molar-refractivity contribution in [2.75, 3.05) is 26.3 Å². The minimum Gasteiger partial charge on any atom is -0.492 e. The fraction of sp³-hybridized carbons (Fsp3) is 0.600. The lowest BCUT2D eigenvalue weighted by atomic mass is 10.2. The fourth-order valence-electron chi connectivity index (χ4n) is 1.60. The third-order valence-electron chi connectivity index (χ3n) is 2.64. The monoisotopic (exact) mass is 329 g/mol. The van der Waals surface area contributed by atoms with Crippen molar-refractivity contribution in [2.45, 2.75) is 33.3 Å². The maximum atomic E-state index is 5.74. The third kappa shape index (κ3) is 7.55. The predicted octanol–water partition coefficient (Wildman–Crippen LogP) is 3.54. The smallest absolute Gasteiger partial charge is 0.123 e. The molecule has 4 heteroatoms. The van der Waals surface area contributed by atoms with E-state index in [1.54, 1.807) is 0 Å². The fourth-order valence-corrected chi connectivity index (χ4v) is 1.94. The number of hydrogen-bond acceptors (Lipinski definition) is 3. The van der Waals surface area contributed by atoms with Gasteiger partial charge in [0.1, 0.15) is 12.4 Å². The van der Waals surface area contributed by atoms with Gasteiger partial charge in [-0.25, -0.2) is 0 Å². The normalized spacial score (nSPS) is 11.0. The van der Waals surface area contributed by atoms with E-state index in [-0.39, 0.29) is 0 Å². The molecule has 0 atom stereocenters. The van der Waals surface area contributed by atoms with E-state index >= 15 is 0 Å². The van der Waals surface area contributed by atoms with Crippen LogP contribution in [0.2, 0.25) is 0 Å². The highest BCUT2D eigenvalue weighted by Gasteiger charge is 2.00. The summed E-state index contributed by atoms with van der Waals surface area (Å²) in [7, 11) is 0. The van der Waals surface area contributed by atoms with Gasteiger partial charge in [0.15, 0.2) is 0 Å². The van der Waals surface area contributed by atoms with E-state index in [0.29, 0.717) is 12.7 Å². The second-order valence-corrected chi connectivity index (χ2v) is 5.70. The molecule has 0 saturated carbocycles. The molecular formula is C15H24BrNO2. The van der Waals surface area contributed by atoms with Gasteiger partial charge in [0.05, 0.1) is 6.10 Å². The van der Waals surface area contributed by atoms with Crippen molar-refractivity contribution in [1.29, 1.82) is 0 Å². The topological polar surface area (TPSA) is 30.5 Å². The van der Waals surface area contributed by atoms with E-state index in [1.807, 2.05) is 12.1 Å². The highest BCUT2D eigenvalue weighted by Crippen LogP contribution is 2.22. The first-order valence-electron chi connectivity index (χ1n) is 6.81. The zero-order valence-electron chi connectivity index (χ0n) is 12.0. The van der Waals surface area contributed by atoms with Crippen LogP contribution in [-0.4, -0.2) is 32.4 Å². The molecule has 1 aromatic carbocycles. The van der Waals surface area contributed by atoms with Crippen LogP contribution < -0.4 is 10.1 Å². The lowest BCUT2D eigenvalue weighted by Crippen LogP contribution is -2.23. The number of benzene rings is 1. The molecule has 108 valence electrons. The average molecular weight is 330 g/mol. The van der Waals surface area contributed by atoms with Crippen LogP contribution >= 0.6 is 15.9 Å². The summed E-state index contributed by atoms with van der Waals surface area (Å²) in [6.45, 7) is 9.49. The first-order valence-corrected chi connectivity index (χ1v) is 7.60. The predicted molar refractivity (Wildman–Crippen MR) is 82.9 cm³/mol. The average Bonchev–Trinajstić information content (AvgIpc) is 2.36. The Morgan fingerprint density at radius 2 is 2.00 bits per heavy atom. The van der Waals surface area contributed by atoms with Crippen molar-refractivity contribution < 1.29 is 9.47 Å². The minimum atomic E-state index is 0.322. The van der Waals surface area contributed by atoms with Gasteiger partial charge in [0.2, 0.25) is 0 Å². The van der Waals surface area contributed by atoms with Crippen LogP contribution in [0.15, 0.2) is 22.7 Å². The summed E-state index contributed by atoms with van der Waals surface area (Å²) >= 11 is 3.45. The molecular weight excluding hydrogens is 306 g/mol. The second kappa shape index (κ2) is 9.34. The number of nitrogens with one attached hydrogen (secondary N) is 1. The van der Waals surface area contributed by atoms with Crippen molar-refractivity contribution in [3.05, 3.63) is 28.2 Å². The van der Waals surface area contributed by atoms with Gasteiger partial charge >= 0.3 is 0 Å². The number of ether oxygens (including phenoxy) is 2. The molecule has 0 radical (unpaired) electrons. The summed E-state index contributed by atoms with van der Waals surface area (Å²) in [6, 6.07) is 6.08. The standard InChI is InChI=1S/C15H24BrNO2/c1-12(2)18-9-4-7-17-8-10-19-15-11-14(16)6-5-13(15)3/h5-6,11-12,17H,4,7-10H2,1-3H3. The lowest BCUT2D eigenvalue weighted by Gasteiger charge is -2.11. The van der Waals surface area contributed by atoms with Crippen LogP contribution in [0.1, 0.15) is 25.8 Å². The zero-order chi connectivity index (χ0) is 14.1. The summed E-state index contributed by atoms with van der Waals surface area (Å²) in [4.78, 5) is 0. The van der Waals surface area contributed by atoms with Gasteiger partial charge in [-0.1, -0.05) is 22.0 Å². The number of hydrogen-bond donors (Lipinski definition) is 1. The van der Waals surface area contributed by atoms with Crippen molar-refractivity contribution in [3.63, 3.8) is 0 Å². The van der Waals surface area contributed by atoms with Crippen molar-refractivity contribution in [2.24, 2.45) is 0 Å². The molecule has 1 N–H and O–H groups in total. The van der Waals surface area contributed by atoms with Crippen LogP contribution in [0.3, 0.4) is 0 Å². The summed E-state index contributed by atoms with van der Waals surface area (Å²) in [5.41, 5.74) is 1.16. The highest BCUT2D eigenvalue weighted by atomic mass is 79.9. The Morgan fingerprint density at radius 3 is 2.74 bits per heavy atom. The highest BCUT2D eigenvalue weighted by molar-refractivity contribution is 9.10. The SMILES string of the molecule is Cc1ccc(Br)cc1OCCNCCCOC(C)C. The van der Waals surface area contributed by atoms with Gasteiger partial charge in [-0.3, -0.25) is 0 Å². The molecule has 0 saturated heterocycles. The molecule has 1 rings (SSSR count). The van der Waals surface area contributed by atoms with E-state index in [9.17, 15) is 0 Å². The molecule has 0 aliphatic heterocycles. The van der Waals surface area contributed by atoms with E-state index < -0.39 is 0 Å². The quantitative estimate of drug-likeness (QED) is 0.703. The Morgan fingerprint density at radius 1 is 1.21 bits per heavy atom. The first-order chi connectivity index (χ1) is 9.09. The van der Waals surface area contributed by atoms with Gasteiger partial charge in [-0.05, 0) is 51.4 Å². The summed E-state index contributed by atoms with van der Waals surface area (Å²) in [5.74, 6) is 0.944. The molecule has 0 aliphatic carbocycles. The Labute approximate surface area is 124 Å². The maximum absolute atomic E-state index is 5.74. The number of halogens is 1.